The number of rotatable bonds is 6. The summed E-state index contributed by atoms with van der Waals surface area (Å²) >= 11 is 5.42. The van der Waals surface area contributed by atoms with Crippen molar-refractivity contribution in [3.63, 3.8) is 0 Å². The highest BCUT2D eigenvalue weighted by Gasteiger charge is 2.63. The van der Waals surface area contributed by atoms with E-state index in [4.69, 9.17) is 25.9 Å². The number of aliphatic hydroxyl groups is 1. The molecule has 2 saturated heterocycles. The minimum absolute atomic E-state index is 0.0442. The first-order valence-corrected chi connectivity index (χ1v) is 8.71. The number of carbonyl (C=O) groups is 1. The van der Waals surface area contributed by atoms with Gasteiger partial charge in [-0.05, 0) is 18.9 Å². The van der Waals surface area contributed by atoms with Gasteiger partial charge in [0.2, 0.25) is 0 Å². The van der Waals surface area contributed by atoms with Crippen LogP contribution in [0.2, 0.25) is 0 Å². The monoisotopic (exact) mass is 355 g/mol. The zero-order valence-corrected chi connectivity index (χ0v) is 14.4. The molecule has 2 fully saturated rings. The molecule has 0 spiro atoms. The molecule has 0 radical (unpaired) electrons. The van der Waals surface area contributed by atoms with Crippen molar-refractivity contribution in [2.24, 2.45) is 11.1 Å². The summed E-state index contributed by atoms with van der Waals surface area (Å²) in [6.07, 6.45) is 3.84. The predicted molar refractivity (Wildman–Crippen MR) is 89.1 cm³/mol. The lowest BCUT2D eigenvalue weighted by atomic mass is 9.75. The molecule has 3 atom stereocenters. The van der Waals surface area contributed by atoms with E-state index in [-0.39, 0.29) is 35.7 Å². The van der Waals surface area contributed by atoms with Crippen molar-refractivity contribution >= 4 is 23.1 Å². The number of hydrogen-bond donors (Lipinski definition) is 1. The van der Waals surface area contributed by atoms with Crippen LogP contribution in [0.4, 0.5) is 0 Å². The summed E-state index contributed by atoms with van der Waals surface area (Å²) < 4.78 is 11.4. The van der Waals surface area contributed by atoms with Gasteiger partial charge in [-0.2, -0.15) is 0 Å². The molecule has 3 unspecified atom stereocenters. The molecule has 2 aliphatic heterocycles. The smallest absolute Gasteiger partial charge is 0.168 e. The van der Waals surface area contributed by atoms with Crippen molar-refractivity contribution in [2.45, 2.75) is 44.3 Å². The number of Topliss-reactive ketones (excluding diaryl/α,β-unsaturated/α-hetero) is 1. The number of epoxide rings is 1. The maximum Gasteiger partial charge on any atom is 0.168 e. The highest BCUT2D eigenvalue weighted by atomic mass is 35.5. The van der Waals surface area contributed by atoms with Gasteiger partial charge in [0.25, 0.3) is 0 Å². The number of fused-ring (bicyclic) bond motifs is 1. The normalized spacial score (nSPS) is 33.8. The van der Waals surface area contributed by atoms with Crippen molar-refractivity contribution in [2.75, 3.05) is 19.8 Å². The highest BCUT2D eigenvalue weighted by Crippen LogP contribution is 2.52. The Bertz CT molecular complexity index is 600. The molecule has 0 saturated carbocycles. The second-order valence-corrected chi connectivity index (χ2v) is 6.55. The molecule has 1 aliphatic carbocycles. The molecule has 132 valence electrons. The summed E-state index contributed by atoms with van der Waals surface area (Å²) in [6, 6.07) is 0. The molecule has 0 amide bonds. The Morgan fingerprint density at radius 2 is 2.38 bits per heavy atom. The Morgan fingerprint density at radius 1 is 1.54 bits per heavy atom. The number of aliphatic hydroxyl groups excluding tert-OH is 1. The average Bonchev–Trinajstić information content (AvgIpc) is 3.32. The van der Waals surface area contributed by atoms with E-state index < -0.39 is 5.60 Å². The quantitative estimate of drug-likeness (QED) is 0.343. The fourth-order valence-electron chi connectivity index (χ4n) is 3.61. The Kier molecular flexibility index (Phi) is 5.27. The molecule has 1 N–H and O–H groups in total. The van der Waals surface area contributed by atoms with Gasteiger partial charge in [0.1, 0.15) is 18.0 Å². The molecule has 0 bridgehead atoms. The molecule has 24 heavy (non-hydrogen) atoms. The lowest BCUT2D eigenvalue weighted by Gasteiger charge is -2.30. The zero-order valence-electron chi connectivity index (χ0n) is 13.7. The summed E-state index contributed by atoms with van der Waals surface area (Å²) in [7, 11) is 0. The van der Waals surface area contributed by atoms with Gasteiger partial charge in [-0.15, -0.1) is 0 Å². The Hall–Kier alpha value is -1.37. The fourth-order valence-corrected chi connectivity index (χ4v) is 3.68. The van der Waals surface area contributed by atoms with Crippen molar-refractivity contribution in [3.8, 4) is 0 Å². The summed E-state index contributed by atoms with van der Waals surface area (Å²) in [6.45, 7) is 3.28. The predicted octanol–water partition coefficient (Wildman–Crippen LogP) is 2.87. The largest absolute Gasteiger partial charge is 0.511 e. The number of hydrogen-bond acceptors (Lipinski definition) is 6. The molecule has 3 aliphatic rings. The van der Waals surface area contributed by atoms with Gasteiger partial charge in [-0.1, -0.05) is 23.7 Å². The molecule has 3 rings (SSSR count). The Labute approximate surface area is 146 Å². The summed E-state index contributed by atoms with van der Waals surface area (Å²) in [5.74, 6) is -0.0881. The molecule has 0 aromatic heterocycles. The minimum Gasteiger partial charge on any atom is -0.511 e. The minimum atomic E-state index is -0.390. The number of ketones is 1. The average molecular weight is 356 g/mol. The molecular weight excluding hydrogens is 334 g/mol. The molecule has 0 aromatic carbocycles. The van der Waals surface area contributed by atoms with Gasteiger partial charge < -0.3 is 19.4 Å². The number of nitrogens with zero attached hydrogens (tertiary/aromatic N) is 1. The SMILES string of the molecule is CC/C(=N\OCC=CCl)C1=C(O)CC(C23COCCC2O3)CC1=O. The number of carbonyl (C=O) groups excluding carboxylic acids is 1. The first kappa shape index (κ1) is 17.5. The van der Waals surface area contributed by atoms with Gasteiger partial charge in [-0.3, -0.25) is 4.79 Å². The first-order valence-electron chi connectivity index (χ1n) is 8.27. The van der Waals surface area contributed by atoms with Crippen molar-refractivity contribution in [1.82, 2.24) is 0 Å². The van der Waals surface area contributed by atoms with Crippen molar-refractivity contribution < 1.29 is 24.2 Å². The summed E-state index contributed by atoms with van der Waals surface area (Å²) in [5.41, 5.74) is 1.70. The van der Waals surface area contributed by atoms with E-state index in [1.165, 1.54) is 5.54 Å². The van der Waals surface area contributed by atoms with Crippen LogP contribution in [0.5, 0.6) is 0 Å². The van der Waals surface area contributed by atoms with Crippen LogP contribution in [0.3, 0.4) is 0 Å². The number of ether oxygens (including phenoxy) is 2. The van der Waals surface area contributed by atoms with Crippen LogP contribution in [0.15, 0.2) is 28.1 Å². The Morgan fingerprint density at radius 3 is 3.04 bits per heavy atom. The van der Waals surface area contributed by atoms with Crippen LogP contribution in [0.1, 0.15) is 32.6 Å². The van der Waals surface area contributed by atoms with E-state index in [2.05, 4.69) is 5.16 Å². The fraction of sp³-hybridized carbons (Fsp3) is 0.647. The number of oxime groups is 1. The van der Waals surface area contributed by atoms with E-state index in [0.29, 0.717) is 38.2 Å². The third kappa shape index (κ3) is 3.23. The lowest BCUT2D eigenvalue weighted by Crippen LogP contribution is -2.40. The van der Waals surface area contributed by atoms with Crippen LogP contribution in [0.25, 0.3) is 0 Å². The highest BCUT2D eigenvalue weighted by molar-refractivity contribution is 6.25. The molecule has 2 heterocycles. The summed E-state index contributed by atoms with van der Waals surface area (Å²) in [4.78, 5) is 17.7. The zero-order chi connectivity index (χ0) is 17.2. The molecule has 0 aromatic rings. The van der Waals surface area contributed by atoms with Crippen LogP contribution in [0, 0.1) is 5.92 Å². The van der Waals surface area contributed by atoms with E-state index in [1.54, 1.807) is 6.08 Å². The third-order valence-corrected chi connectivity index (χ3v) is 5.07. The lowest BCUT2D eigenvalue weighted by molar-refractivity contribution is -0.117. The maximum absolute atomic E-state index is 12.6. The first-order chi connectivity index (χ1) is 11.6. The number of halogens is 1. The van der Waals surface area contributed by atoms with Crippen LogP contribution >= 0.6 is 11.6 Å². The van der Waals surface area contributed by atoms with E-state index in [9.17, 15) is 9.90 Å². The third-order valence-electron chi connectivity index (χ3n) is 4.89. The van der Waals surface area contributed by atoms with Crippen molar-refractivity contribution in [1.29, 1.82) is 0 Å². The maximum atomic E-state index is 12.6. The number of allylic oxidation sites excluding steroid dienone is 2. The van der Waals surface area contributed by atoms with Crippen LogP contribution in [-0.2, 0) is 19.1 Å². The second kappa shape index (κ2) is 7.25. The topological polar surface area (TPSA) is 80.7 Å². The van der Waals surface area contributed by atoms with Gasteiger partial charge >= 0.3 is 0 Å². The van der Waals surface area contributed by atoms with Gasteiger partial charge in [-0.25, -0.2) is 0 Å². The molecular formula is C17H22ClNO5. The van der Waals surface area contributed by atoms with E-state index in [1.807, 2.05) is 6.92 Å². The summed E-state index contributed by atoms with van der Waals surface area (Å²) in [5, 5.41) is 14.5. The molecule has 6 nitrogen and oxygen atoms in total. The second-order valence-electron chi connectivity index (χ2n) is 6.30. The van der Waals surface area contributed by atoms with E-state index >= 15 is 0 Å². The standard InChI is InChI=1S/C17H22ClNO5/c1-2-12(19-23-6-3-5-18)16-13(20)8-11(9-14(16)21)17-10-22-7-4-15(17)24-17/h3,5,11,15,20H,2,4,6-10H2,1H3/b5-3?,19-12+. The van der Waals surface area contributed by atoms with Crippen LogP contribution < -0.4 is 0 Å². The van der Waals surface area contributed by atoms with Crippen molar-refractivity contribution in [3.05, 3.63) is 22.9 Å². The van der Waals surface area contributed by atoms with Gasteiger partial charge in [0, 0.05) is 30.9 Å². The van der Waals surface area contributed by atoms with Gasteiger partial charge in [0.05, 0.1) is 24.0 Å². The molecule has 7 heteroatoms. The Balaban J connectivity index is 1.74. The van der Waals surface area contributed by atoms with Crippen LogP contribution in [-0.4, -0.2) is 48.1 Å². The van der Waals surface area contributed by atoms with E-state index in [0.717, 1.165) is 6.42 Å². The van der Waals surface area contributed by atoms with Gasteiger partial charge in [0.15, 0.2) is 5.78 Å².